The average Bonchev–Trinajstić information content (AvgIpc) is 2.93. The first kappa shape index (κ1) is 14.8. The molecule has 100 valence electrons. The first-order chi connectivity index (χ1) is 8.07. The summed E-state index contributed by atoms with van der Waals surface area (Å²) < 4.78 is 0. The van der Waals surface area contributed by atoms with Crippen LogP contribution in [0.2, 0.25) is 0 Å². The summed E-state index contributed by atoms with van der Waals surface area (Å²) in [6.07, 6.45) is 11.5. The average molecular weight is 236 g/mol. The van der Waals surface area contributed by atoms with E-state index in [2.05, 4.69) is 46.8 Å². The van der Waals surface area contributed by atoms with Gasteiger partial charge in [-0.05, 0) is 48.9 Å². The summed E-state index contributed by atoms with van der Waals surface area (Å²) in [6, 6.07) is 0. The summed E-state index contributed by atoms with van der Waals surface area (Å²) in [7, 11) is 0. The molecule has 0 amide bonds. The lowest BCUT2D eigenvalue weighted by molar-refractivity contribution is 0.419. The fraction of sp³-hybridized carbons (Fsp3) is 0.882. The van der Waals surface area contributed by atoms with E-state index < -0.39 is 0 Å². The van der Waals surface area contributed by atoms with E-state index in [1.54, 1.807) is 0 Å². The second kappa shape index (κ2) is 7.24. The molecule has 4 unspecified atom stereocenters. The molecule has 1 aliphatic rings. The first-order valence-electron chi connectivity index (χ1n) is 7.72. The van der Waals surface area contributed by atoms with Gasteiger partial charge in [0, 0.05) is 0 Å². The van der Waals surface area contributed by atoms with Gasteiger partial charge >= 0.3 is 0 Å². The molecular formula is C17H32. The van der Waals surface area contributed by atoms with Crippen molar-refractivity contribution >= 4 is 0 Å². The van der Waals surface area contributed by atoms with E-state index in [1.807, 2.05) is 0 Å². The molecule has 0 N–H and O–H groups in total. The predicted octanol–water partition coefficient (Wildman–Crippen LogP) is 5.69. The van der Waals surface area contributed by atoms with Crippen molar-refractivity contribution < 1.29 is 0 Å². The van der Waals surface area contributed by atoms with Gasteiger partial charge in [-0.25, -0.2) is 0 Å². The molecule has 4 atom stereocenters. The van der Waals surface area contributed by atoms with Gasteiger partial charge in [-0.15, -0.1) is 0 Å². The fourth-order valence-electron chi connectivity index (χ4n) is 3.40. The zero-order valence-electron chi connectivity index (χ0n) is 12.6. The predicted molar refractivity (Wildman–Crippen MR) is 78.0 cm³/mol. The van der Waals surface area contributed by atoms with Gasteiger partial charge in [0.25, 0.3) is 0 Å². The van der Waals surface area contributed by atoms with E-state index in [0.29, 0.717) is 0 Å². The number of unbranched alkanes of at least 4 members (excludes halogenated alkanes) is 1. The van der Waals surface area contributed by atoms with Crippen LogP contribution in [0.25, 0.3) is 0 Å². The Kier molecular flexibility index (Phi) is 6.30. The van der Waals surface area contributed by atoms with Gasteiger partial charge in [0.2, 0.25) is 0 Å². The highest BCUT2D eigenvalue weighted by molar-refractivity contribution is 4.95. The Hall–Kier alpha value is -0.260. The Morgan fingerprint density at radius 2 is 1.82 bits per heavy atom. The van der Waals surface area contributed by atoms with Gasteiger partial charge in [-0.2, -0.15) is 0 Å². The molecule has 0 radical (unpaired) electrons. The molecule has 0 nitrogen and oxygen atoms in total. The smallest absolute Gasteiger partial charge is 0.0327 e. The van der Waals surface area contributed by atoms with Crippen molar-refractivity contribution in [3.8, 4) is 0 Å². The van der Waals surface area contributed by atoms with Crippen molar-refractivity contribution in [1.82, 2.24) is 0 Å². The van der Waals surface area contributed by atoms with E-state index in [9.17, 15) is 0 Å². The van der Waals surface area contributed by atoms with Crippen molar-refractivity contribution in [3.05, 3.63) is 12.2 Å². The lowest BCUT2D eigenvalue weighted by atomic mass is 9.96. The summed E-state index contributed by atoms with van der Waals surface area (Å²) in [5.41, 5.74) is 0. The number of allylic oxidation sites excluding steroid dienone is 2. The highest BCUT2D eigenvalue weighted by Gasteiger charge is 2.47. The fourth-order valence-corrected chi connectivity index (χ4v) is 3.40. The zero-order valence-corrected chi connectivity index (χ0v) is 12.6. The van der Waals surface area contributed by atoms with E-state index in [4.69, 9.17) is 0 Å². The lowest BCUT2D eigenvalue weighted by Gasteiger charge is -2.10. The summed E-state index contributed by atoms with van der Waals surface area (Å²) in [4.78, 5) is 0. The third kappa shape index (κ3) is 4.85. The highest BCUT2D eigenvalue weighted by atomic mass is 14.5. The van der Waals surface area contributed by atoms with Gasteiger partial charge in [0.05, 0.1) is 0 Å². The molecule has 1 fully saturated rings. The van der Waals surface area contributed by atoms with Gasteiger partial charge in [0.1, 0.15) is 0 Å². The third-order valence-corrected chi connectivity index (χ3v) is 4.57. The molecule has 0 heteroatoms. The number of hydrogen-bond acceptors (Lipinski definition) is 0. The second-order valence-electron chi connectivity index (χ2n) is 6.52. The van der Waals surface area contributed by atoms with E-state index in [1.165, 1.54) is 32.1 Å². The maximum Gasteiger partial charge on any atom is -0.0327 e. The minimum atomic E-state index is 0.808. The molecule has 1 saturated carbocycles. The Balaban J connectivity index is 2.05. The second-order valence-corrected chi connectivity index (χ2v) is 6.52. The van der Waals surface area contributed by atoms with Crippen LogP contribution in [-0.2, 0) is 0 Å². The monoisotopic (exact) mass is 236 g/mol. The Labute approximate surface area is 109 Å². The summed E-state index contributed by atoms with van der Waals surface area (Å²) in [6.45, 7) is 11.8. The molecule has 1 rings (SSSR count). The lowest BCUT2D eigenvalue weighted by Crippen LogP contribution is -1.99. The Morgan fingerprint density at radius 1 is 1.12 bits per heavy atom. The molecule has 17 heavy (non-hydrogen) atoms. The molecule has 0 spiro atoms. The molecular weight excluding hydrogens is 204 g/mol. The molecule has 0 aromatic carbocycles. The van der Waals surface area contributed by atoms with Crippen LogP contribution in [0.3, 0.4) is 0 Å². The molecule has 0 aromatic heterocycles. The molecule has 0 bridgehead atoms. The van der Waals surface area contributed by atoms with Crippen molar-refractivity contribution in [2.24, 2.45) is 29.6 Å². The van der Waals surface area contributed by atoms with Crippen LogP contribution in [0.1, 0.15) is 66.7 Å². The van der Waals surface area contributed by atoms with Crippen LogP contribution >= 0.6 is 0 Å². The van der Waals surface area contributed by atoms with Crippen LogP contribution in [0, 0.1) is 29.6 Å². The van der Waals surface area contributed by atoms with Crippen LogP contribution < -0.4 is 0 Å². The summed E-state index contributed by atoms with van der Waals surface area (Å²) >= 11 is 0. The Morgan fingerprint density at radius 3 is 2.35 bits per heavy atom. The number of hydrogen-bond donors (Lipinski definition) is 0. The standard InChI is InChI=1S/C17H32/c1-6-16-15(5)17(16)14(4)12-10-8-7-9-11-13(2)3/h7,9,13-17H,6,8,10-12H2,1-5H3. The van der Waals surface area contributed by atoms with Gasteiger partial charge < -0.3 is 0 Å². The molecule has 0 aromatic rings. The minimum absolute atomic E-state index is 0.808. The quantitative estimate of drug-likeness (QED) is 0.375. The molecule has 0 heterocycles. The summed E-state index contributed by atoms with van der Waals surface area (Å²) in [5.74, 6) is 4.85. The largest absolute Gasteiger partial charge is 0.0885 e. The summed E-state index contributed by atoms with van der Waals surface area (Å²) in [5, 5.41) is 0. The minimum Gasteiger partial charge on any atom is -0.0885 e. The van der Waals surface area contributed by atoms with Gasteiger partial charge in [-0.1, -0.05) is 59.6 Å². The Bertz CT molecular complexity index is 226. The maximum atomic E-state index is 2.47. The zero-order chi connectivity index (χ0) is 12.8. The van der Waals surface area contributed by atoms with Crippen molar-refractivity contribution in [3.63, 3.8) is 0 Å². The topological polar surface area (TPSA) is 0 Å². The first-order valence-corrected chi connectivity index (χ1v) is 7.72. The molecule has 0 aliphatic heterocycles. The SMILES string of the molecule is CCC1C(C)C1C(C)CCCC=CCC(C)C. The number of rotatable bonds is 8. The van der Waals surface area contributed by atoms with E-state index >= 15 is 0 Å². The highest BCUT2D eigenvalue weighted by Crippen LogP contribution is 2.53. The van der Waals surface area contributed by atoms with Crippen molar-refractivity contribution in [2.45, 2.75) is 66.7 Å². The molecule has 1 aliphatic carbocycles. The normalized spacial score (nSPS) is 30.1. The van der Waals surface area contributed by atoms with E-state index in [0.717, 1.165) is 29.6 Å². The van der Waals surface area contributed by atoms with E-state index in [-0.39, 0.29) is 0 Å². The van der Waals surface area contributed by atoms with Gasteiger partial charge in [0.15, 0.2) is 0 Å². The van der Waals surface area contributed by atoms with Crippen molar-refractivity contribution in [2.75, 3.05) is 0 Å². The van der Waals surface area contributed by atoms with Crippen molar-refractivity contribution in [1.29, 1.82) is 0 Å². The van der Waals surface area contributed by atoms with Crippen LogP contribution in [-0.4, -0.2) is 0 Å². The van der Waals surface area contributed by atoms with Crippen LogP contribution in [0.4, 0.5) is 0 Å². The van der Waals surface area contributed by atoms with Gasteiger partial charge in [-0.3, -0.25) is 0 Å². The third-order valence-electron chi connectivity index (χ3n) is 4.57. The van der Waals surface area contributed by atoms with Crippen LogP contribution in [0.15, 0.2) is 12.2 Å². The van der Waals surface area contributed by atoms with Crippen LogP contribution in [0.5, 0.6) is 0 Å². The maximum absolute atomic E-state index is 2.47. The molecule has 0 saturated heterocycles.